The number of ether oxygens (including phenoxy) is 1. The lowest BCUT2D eigenvalue weighted by molar-refractivity contribution is 0.393. The SMILES string of the molecule is COc1ncnc(N(C)C(CN)C2CC2)c1C. The number of rotatable bonds is 5. The highest BCUT2D eigenvalue weighted by Crippen LogP contribution is 2.36. The van der Waals surface area contributed by atoms with Gasteiger partial charge in [-0.15, -0.1) is 0 Å². The Morgan fingerprint density at radius 2 is 2.24 bits per heavy atom. The molecule has 0 aliphatic heterocycles. The molecule has 1 aromatic heterocycles. The lowest BCUT2D eigenvalue weighted by Crippen LogP contribution is -2.40. The molecule has 0 spiro atoms. The molecule has 5 nitrogen and oxygen atoms in total. The minimum atomic E-state index is 0.369. The summed E-state index contributed by atoms with van der Waals surface area (Å²) in [6, 6.07) is 0.369. The van der Waals surface area contributed by atoms with Crippen molar-refractivity contribution in [2.24, 2.45) is 11.7 Å². The van der Waals surface area contributed by atoms with Gasteiger partial charge in [0, 0.05) is 19.6 Å². The van der Waals surface area contributed by atoms with E-state index in [9.17, 15) is 0 Å². The Labute approximate surface area is 102 Å². The van der Waals surface area contributed by atoms with E-state index in [1.807, 2.05) is 14.0 Å². The van der Waals surface area contributed by atoms with Gasteiger partial charge in [0.1, 0.15) is 12.1 Å². The van der Waals surface area contributed by atoms with Crippen LogP contribution in [0.3, 0.4) is 0 Å². The van der Waals surface area contributed by atoms with Crippen LogP contribution in [-0.4, -0.2) is 36.7 Å². The molecular formula is C12H20N4O. The number of hydrogen-bond donors (Lipinski definition) is 1. The lowest BCUT2D eigenvalue weighted by Gasteiger charge is -2.29. The van der Waals surface area contributed by atoms with Crippen LogP contribution in [0.4, 0.5) is 5.82 Å². The molecule has 1 aliphatic carbocycles. The number of likely N-dealkylation sites (N-methyl/N-ethyl adjacent to an activating group) is 1. The van der Waals surface area contributed by atoms with Crippen molar-refractivity contribution < 1.29 is 4.74 Å². The van der Waals surface area contributed by atoms with Gasteiger partial charge in [-0.3, -0.25) is 0 Å². The van der Waals surface area contributed by atoms with E-state index >= 15 is 0 Å². The summed E-state index contributed by atoms with van der Waals surface area (Å²) < 4.78 is 5.22. The fourth-order valence-electron chi connectivity index (χ4n) is 2.29. The van der Waals surface area contributed by atoms with Crippen molar-refractivity contribution in [3.8, 4) is 5.88 Å². The van der Waals surface area contributed by atoms with Gasteiger partial charge in [-0.1, -0.05) is 0 Å². The van der Waals surface area contributed by atoms with Gasteiger partial charge in [0.05, 0.1) is 12.7 Å². The van der Waals surface area contributed by atoms with Gasteiger partial charge in [0.25, 0.3) is 0 Å². The molecular weight excluding hydrogens is 216 g/mol. The summed E-state index contributed by atoms with van der Waals surface area (Å²) in [6.07, 6.45) is 4.08. The van der Waals surface area contributed by atoms with E-state index in [0.717, 1.165) is 11.4 Å². The van der Waals surface area contributed by atoms with Crippen molar-refractivity contribution >= 4 is 5.82 Å². The van der Waals surface area contributed by atoms with Crippen molar-refractivity contribution in [3.63, 3.8) is 0 Å². The Balaban J connectivity index is 2.25. The standard InChI is InChI=1S/C12H20N4O/c1-8-11(14-7-15-12(8)17-3)16(2)10(6-13)9-4-5-9/h7,9-10H,4-6,13H2,1-3H3. The Kier molecular flexibility index (Phi) is 3.47. The molecule has 0 radical (unpaired) electrons. The van der Waals surface area contributed by atoms with Gasteiger partial charge in [0.2, 0.25) is 5.88 Å². The van der Waals surface area contributed by atoms with Crippen LogP contribution in [0.15, 0.2) is 6.33 Å². The second-order valence-corrected chi connectivity index (χ2v) is 4.58. The second kappa shape index (κ2) is 4.87. The van der Waals surface area contributed by atoms with Crippen LogP contribution in [0.5, 0.6) is 5.88 Å². The molecule has 1 aliphatic rings. The summed E-state index contributed by atoms with van der Waals surface area (Å²) >= 11 is 0. The maximum Gasteiger partial charge on any atom is 0.221 e. The normalized spacial score (nSPS) is 16.7. The smallest absolute Gasteiger partial charge is 0.221 e. The summed E-state index contributed by atoms with van der Waals surface area (Å²) in [7, 11) is 3.67. The molecule has 17 heavy (non-hydrogen) atoms. The number of nitrogens with zero attached hydrogens (tertiary/aromatic N) is 3. The fourth-order valence-corrected chi connectivity index (χ4v) is 2.29. The Morgan fingerprint density at radius 3 is 2.76 bits per heavy atom. The van der Waals surface area contributed by atoms with E-state index < -0.39 is 0 Å². The Bertz CT molecular complexity index is 392. The zero-order chi connectivity index (χ0) is 12.4. The van der Waals surface area contributed by atoms with Crippen LogP contribution >= 0.6 is 0 Å². The highest BCUT2D eigenvalue weighted by atomic mass is 16.5. The molecule has 1 saturated carbocycles. The third kappa shape index (κ3) is 2.34. The minimum Gasteiger partial charge on any atom is -0.481 e. The second-order valence-electron chi connectivity index (χ2n) is 4.58. The van der Waals surface area contributed by atoms with E-state index in [1.54, 1.807) is 7.11 Å². The fraction of sp³-hybridized carbons (Fsp3) is 0.667. The molecule has 1 atom stereocenters. The molecule has 0 saturated heterocycles. The van der Waals surface area contributed by atoms with E-state index in [-0.39, 0.29) is 0 Å². The molecule has 1 unspecified atom stereocenters. The third-order valence-corrected chi connectivity index (χ3v) is 3.44. The maximum atomic E-state index is 5.86. The Hall–Kier alpha value is -1.36. The predicted molar refractivity (Wildman–Crippen MR) is 67.3 cm³/mol. The highest BCUT2D eigenvalue weighted by Gasteiger charge is 2.34. The van der Waals surface area contributed by atoms with Crippen molar-refractivity contribution in [1.29, 1.82) is 0 Å². The summed E-state index contributed by atoms with van der Waals surface area (Å²) in [5, 5.41) is 0. The van der Waals surface area contributed by atoms with E-state index in [4.69, 9.17) is 10.5 Å². The molecule has 2 N–H and O–H groups in total. The van der Waals surface area contributed by atoms with Crippen molar-refractivity contribution in [1.82, 2.24) is 9.97 Å². The summed E-state index contributed by atoms with van der Waals surface area (Å²) in [5.41, 5.74) is 6.83. The largest absolute Gasteiger partial charge is 0.481 e. The first-order valence-corrected chi connectivity index (χ1v) is 5.97. The molecule has 0 aromatic carbocycles. The van der Waals surface area contributed by atoms with Crippen LogP contribution < -0.4 is 15.4 Å². The lowest BCUT2D eigenvalue weighted by atomic mass is 10.1. The van der Waals surface area contributed by atoms with Gasteiger partial charge in [0.15, 0.2) is 0 Å². The molecule has 5 heteroatoms. The van der Waals surface area contributed by atoms with Gasteiger partial charge >= 0.3 is 0 Å². The average Bonchev–Trinajstić information content (AvgIpc) is 3.14. The monoisotopic (exact) mass is 236 g/mol. The van der Waals surface area contributed by atoms with Gasteiger partial charge in [-0.05, 0) is 25.7 Å². The number of methoxy groups -OCH3 is 1. The summed E-state index contributed by atoms with van der Waals surface area (Å²) in [4.78, 5) is 10.6. The van der Waals surface area contributed by atoms with Crippen LogP contribution in [-0.2, 0) is 0 Å². The minimum absolute atomic E-state index is 0.369. The van der Waals surface area contributed by atoms with Crippen LogP contribution in [0.1, 0.15) is 18.4 Å². The molecule has 1 heterocycles. The number of anilines is 1. The van der Waals surface area contributed by atoms with Gasteiger partial charge in [-0.2, -0.15) is 0 Å². The topological polar surface area (TPSA) is 64.3 Å². The zero-order valence-corrected chi connectivity index (χ0v) is 10.7. The molecule has 94 valence electrons. The third-order valence-electron chi connectivity index (χ3n) is 3.44. The molecule has 0 bridgehead atoms. The zero-order valence-electron chi connectivity index (χ0n) is 10.7. The number of nitrogens with two attached hydrogens (primary N) is 1. The van der Waals surface area contributed by atoms with Gasteiger partial charge < -0.3 is 15.4 Å². The van der Waals surface area contributed by atoms with Crippen molar-refractivity contribution in [2.75, 3.05) is 25.6 Å². The van der Waals surface area contributed by atoms with Crippen LogP contribution in [0.2, 0.25) is 0 Å². The Morgan fingerprint density at radius 1 is 1.53 bits per heavy atom. The van der Waals surface area contributed by atoms with E-state index in [2.05, 4.69) is 14.9 Å². The number of hydrogen-bond acceptors (Lipinski definition) is 5. The first-order valence-electron chi connectivity index (χ1n) is 5.97. The van der Waals surface area contributed by atoms with Gasteiger partial charge in [-0.25, -0.2) is 9.97 Å². The summed E-state index contributed by atoms with van der Waals surface area (Å²) in [6.45, 7) is 2.64. The van der Waals surface area contributed by atoms with Crippen molar-refractivity contribution in [2.45, 2.75) is 25.8 Å². The molecule has 1 aromatic rings. The first kappa shape index (κ1) is 12.1. The number of aromatic nitrogens is 2. The average molecular weight is 236 g/mol. The maximum absolute atomic E-state index is 5.86. The van der Waals surface area contributed by atoms with Crippen LogP contribution in [0, 0.1) is 12.8 Å². The predicted octanol–water partition coefficient (Wildman–Crippen LogP) is 0.967. The van der Waals surface area contributed by atoms with E-state index in [1.165, 1.54) is 19.2 Å². The summed E-state index contributed by atoms with van der Waals surface area (Å²) in [5.74, 6) is 2.26. The van der Waals surface area contributed by atoms with E-state index in [0.29, 0.717) is 24.4 Å². The first-order chi connectivity index (χ1) is 8.19. The quantitative estimate of drug-likeness (QED) is 0.825. The molecule has 1 fully saturated rings. The van der Waals surface area contributed by atoms with Crippen LogP contribution in [0.25, 0.3) is 0 Å². The van der Waals surface area contributed by atoms with Crippen molar-refractivity contribution in [3.05, 3.63) is 11.9 Å². The molecule has 0 amide bonds. The molecule has 2 rings (SSSR count). The highest BCUT2D eigenvalue weighted by molar-refractivity contribution is 5.50.